The van der Waals surface area contributed by atoms with Gasteiger partial charge in [-0.25, -0.2) is 4.99 Å². The van der Waals surface area contributed by atoms with Crippen LogP contribution < -0.4 is 16.4 Å². The smallest absolute Gasteiger partial charge is 0.226 e. The standard InChI is InChI=1S/C22H28N4O.HI/c1-15(2)21(27)25-18-12-10-16(11-13-18)14-24-22(23)26-20-9-5-7-17-6-3-4-8-19(17)20;/h5,7,9-13,15H,3-4,6,8,14H2,1-2H3,(H,25,27)(H3,23,24,26);1H. The molecular formula is C22H29IN4O. The molecule has 0 radical (unpaired) electrons. The summed E-state index contributed by atoms with van der Waals surface area (Å²) in [5.74, 6) is 0.399. The number of fused-ring (bicyclic) bond motifs is 1. The lowest BCUT2D eigenvalue weighted by molar-refractivity contribution is -0.118. The molecule has 0 unspecified atom stereocenters. The second-order valence-electron chi connectivity index (χ2n) is 7.32. The van der Waals surface area contributed by atoms with Crippen molar-refractivity contribution in [3.05, 3.63) is 59.2 Å². The summed E-state index contributed by atoms with van der Waals surface area (Å²) in [5, 5.41) is 6.14. The first-order valence-corrected chi connectivity index (χ1v) is 9.60. The molecule has 28 heavy (non-hydrogen) atoms. The predicted octanol–water partition coefficient (Wildman–Crippen LogP) is 4.70. The van der Waals surface area contributed by atoms with Gasteiger partial charge in [-0.05, 0) is 60.6 Å². The molecular weight excluding hydrogens is 463 g/mol. The van der Waals surface area contributed by atoms with E-state index in [4.69, 9.17) is 5.73 Å². The number of aliphatic imine (C=N–C) groups is 1. The van der Waals surface area contributed by atoms with E-state index in [0.717, 1.165) is 29.8 Å². The van der Waals surface area contributed by atoms with E-state index in [1.807, 2.05) is 38.1 Å². The van der Waals surface area contributed by atoms with Crippen LogP contribution in [0.2, 0.25) is 0 Å². The Morgan fingerprint density at radius 2 is 1.79 bits per heavy atom. The number of guanidine groups is 1. The van der Waals surface area contributed by atoms with Crippen LogP contribution in [0.25, 0.3) is 0 Å². The van der Waals surface area contributed by atoms with Crippen LogP contribution in [0.3, 0.4) is 0 Å². The third-order valence-corrected chi connectivity index (χ3v) is 4.84. The number of carbonyl (C=O) groups excluding carboxylic acids is 1. The van der Waals surface area contributed by atoms with Crippen LogP contribution in [0.1, 0.15) is 43.4 Å². The van der Waals surface area contributed by atoms with Crippen molar-refractivity contribution in [3.8, 4) is 0 Å². The van der Waals surface area contributed by atoms with Crippen molar-refractivity contribution in [1.29, 1.82) is 0 Å². The van der Waals surface area contributed by atoms with Crippen molar-refractivity contribution in [2.24, 2.45) is 16.6 Å². The van der Waals surface area contributed by atoms with E-state index in [1.54, 1.807) is 0 Å². The average molecular weight is 492 g/mol. The second-order valence-corrected chi connectivity index (χ2v) is 7.32. The first-order chi connectivity index (χ1) is 13.0. The number of nitrogens with zero attached hydrogens (tertiary/aromatic N) is 1. The minimum Gasteiger partial charge on any atom is -0.370 e. The first-order valence-electron chi connectivity index (χ1n) is 9.60. The Bertz CT molecular complexity index is 831. The monoisotopic (exact) mass is 492 g/mol. The summed E-state index contributed by atoms with van der Waals surface area (Å²) in [4.78, 5) is 16.2. The molecule has 4 N–H and O–H groups in total. The van der Waals surface area contributed by atoms with Crippen LogP contribution in [0.5, 0.6) is 0 Å². The predicted molar refractivity (Wildman–Crippen MR) is 127 cm³/mol. The Morgan fingerprint density at radius 3 is 2.50 bits per heavy atom. The Kier molecular flexibility index (Phi) is 8.29. The van der Waals surface area contributed by atoms with Gasteiger partial charge >= 0.3 is 0 Å². The highest BCUT2D eigenvalue weighted by Gasteiger charge is 2.13. The average Bonchev–Trinajstić information content (AvgIpc) is 2.67. The molecule has 0 spiro atoms. The van der Waals surface area contributed by atoms with Gasteiger partial charge in [0, 0.05) is 17.3 Å². The Balaban J connectivity index is 0.00000280. The number of aryl methyl sites for hydroxylation is 1. The zero-order valence-electron chi connectivity index (χ0n) is 16.5. The highest BCUT2D eigenvalue weighted by atomic mass is 127. The highest BCUT2D eigenvalue weighted by Crippen LogP contribution is 2.27. The lowest BCUT2D eigenvalue weighted by Crippen LogP contribution is -2.24. The summed E-state index contributed by atoms with van der Waals surface area (Å²) in [6.45, 7) is 4.24. The Labute approximate surface area is 184 Å². The van der Waals surface area contributed by atoms with Gasteiger partial charge in [-0.3, -0.25) is 4.79 Å². The summed E-state index contributed by atoms with van der Waals surface area (Å²) in [5.41, 5.74) is 11.8. The van der Waals surface area contributed by atoms with E-state index in [9.17, 15) is 4.79 Å². The fourth-order valence-electron chi connectivity index (χ4n) is 3.23. The lowest BCUT2D eigenvalue weighted by Gasteiger charge is -2.19. The van der Waals surface area contributed by atoms with Crippen molar-refractivity contribution >= 4 is 47.2 Å². The zero-order chi connectivity index (χ0) is 19.2. The van der Waals surface area contributed by atoms with Gasteiger partial charge in [0.25, 0.3) is 0 Å². The van der Waals surface area contributed by atoms with Gasteiger partial charge in [-0.2, -0.15) is 0 Å². The molecule has 0 heterocycles. The van der Waals surface area contributed by atoms with Crippen molar-refractivity contribution in [3.63, 3.8) is 0 Å². The van der Waals surface area contributed by atoms with Crippen LogP contribution in [0.15, 0.2) is 47.5 Å². The number of amides is 1. The maximum Gasteiger partial charge on any atom is 0.226 e. The van der Waals surface area contributed by atoms with Crippen molar-refractivity contribution in [1.82, 2.24) is 0 Å². The molecule has 0 fully saturated rings. The molecule has 1 amide bonds. The van der Waals surface area contributed by atoms with Crippen LogP contribution >= 0.6 is 24.0 Å². The Morgan fingerprint density at radius 1 is 1.07 bits per heavy atom. The van der Waals surface area contributed by atoms with Gasteiger partial charge < -0.3 is 16.4 Å². The normalized spacial score (nSPS) is 13.5. The molecule has 5 nitrogen and oxygen atoms in total. The lowest BCUT2D eigenvalue weighted by atomic mass is 9.90. The van der Waals surface area contributed by atoms with Gasteiger partial charge in [0.05, 0.1) is 6.54 Å². The SMILES string of the molecule is CC(C)C(=O)Nc1ccc(CN=C(N)Nc2cccc3c2CCCC3)cc1.I. The summed E-state index contributed by atoms with van der Waals surface area (Å²) < 4.78 is 0. The van der Waals surface area contributed by atoms with E-state index >= 15 is 0 Å². The summed E-state index contributed by atoms with van der Waals surface area (Å²) in [7, 11) is 0. The molecule has 150 valence electrons. The van der Waals surface area contributed by atoms with Gasteiger partial charge in [0.2, 0.25) is 5.91 Å². The molecule has 0 saturated carbocycles. The number of anilines is 2. The topological polar surface area (TPSA) is 79.5 Å². The van der Waals surface area contributed by atoms with Crippen molar-refractivity contribution < 1.29 is 4.79 Å². The number of nitrogens with one attached hydrogen (secondary N) is 2. The molecule has 1 aliphatic rings. The van der Waals surface area contributed by atoms with E-state index in [-0.39, 0.29) is 35.8 Å². The molecule has 6 heteroatoms. The summed E-state index contributed by atoms with van der Waals surface area (Å²) in [6, 6.07) is 14.0. The molecule has 0 bridgehead atoms. The third-order valence-electron chi connectivity index (χ3n) is 4.84. The van der Waals surface area contributed by atoms with Gasteiger partial charge in [0.15, 0.2) is 5.96 Å². The molecule has 2 aromatic carbocycles. The van der Waals surface area contributed by atoms with Gasteiger partial charge in [-0.15, -0.1) is 24.0 Å². The van der Waals surface area contributed by atoms with Crippen LogP contribution in [-0.2, 0) is 24.2 Å². The van der Waals surface area contributed by atoms with E-state index in [1.165, 1.54) is 24.0 Å². The maximum atomic E-state index is 11.7. The van der Waals surface area contributed by atoms with Crippen LogP contribution in [-0.4, -0.2) is 11.9 Å². The van der Waals surface area contributed by atoms with Crippen LogP contribution in [0, 0.1) is 5.92 Å². The third kappa shape index (κ3) is 5.95. The Hall–Kier alpha value is -2.09. The number of hydrogen-bond acceptors (Lipinski definition) is 2. The molecule has 0 aromatic heterocycles. The number of halogens is 1. The maximum absolute atomic E-state index is 11.7. The fourth-order valence-corrected chi connectivity index (χ4v) is 3.23. The largest absolute Gasteiger partial charge is 0.370 e. The van der Waals surface area contributed by atoms with E-state index in [2.05, 4.69) is 33.8 Å². The molecule has 3 rings (SSSR count). The van der Waals surface area contributed by atoms with Crippen molar-refractivity contribution in [2.75, 3.05) is 10.6 Å². The minimum atomic E-state index is -0.0381. The summed E-state index contributed by atoms with van der Waals surface area (Å²) in [6.07, 6.45) is 4.72. The number of carbonyl (C=O) groups is 1. The first kappa shape index (κ1) is 22.2. The number of nitrogens with two attached hydrogens (primary N) is 1. The number of hydrogen-bond donors (Lipinski definition) is 3. The molecule has 1 aliphatic carbocycles. The molecule has 2 aromatic rings. The number of rotatable bonds is 5. The summed E-state index contributed by atoms with van der Waals surface area (Å²) >= 11 is 0. The van der Waals surface area contributed by atoms with Crippen LogP contribution in [0.4, 0.5) is 11.4 Å². The minimum absolute atomic E-state index is 0. The van der Waals surface area contributed by atoms with E-state index in [0.29, 0.717) is 12.5 Å². The quantitative estimate of drug-likeness (QED) is 0.322. The zero-order valence-corrected chi connectivity index (χ0v) is 18.8. The van der Waals surface area contributed by atoms with Crippen molar-refractivity contribution in [2.45, 2.75) is 46.1 Å². The second kappa shape index (κ2) is 10.5. The van der Waals surface area contributed by atoms with Gasteiger partial charge in [-0.1, -0.05) is 38.1 Å². The fraction of sp³-hybridized carbons (Fsp3) is 0.364. The van der Waals surface area contributed by atoms with E-state index < -0.39 is 0 Å². The molecule has 0 saturated heterocycles. The number of benzene rings is 2. The molecule has 0 aliphatic heterocycles. The highest BCUT2D eigenvalue weighted by molar-refractivity contribution is 14.0. The molecule has 0 atom stereocenters. The van der Waals surface area contributed by atoms with Gasteiger partial charge in [0.1, 0.15) is 0 Å².